The number of nitrogens with zero attached hydrogens (tertiary/aromatic N) is 1. The van der Waals surface area contributed by atoms with Gasteiger partial charge in [0.2, 0.25) is 0 Å². The van der Waals surface area contributed by atoms with E-state index in [9.17, 15) is 4.79 Å². The summed E-state index contributed by atoms with van der Waals surface area (Å²) in [5.41, 5.74) is 3.38. The van der Waals surface area contributed by atoms with Gasteiger partial charge < -0.3 is 24.4 Å². The third kappa shape index (κ3) is 4.45. The number of hydrogen-bond donors (Lipinski definition) is 1. The van der Waals surface area contributed by atoms with Crippen molar-refractivity contribution in [3.8, 4) is 17.2 Å². The van der Waals surface area contributed by atoms with E-state index >= 15 is 0 Å². The summed E-state index contributed by atoms with van der Waals surface area (Å²) in [5, 5.41) is 2.99. The zero-order valence-corrected chi connectivity index (χ0v) is 16.1. The number of fused-ring (bicyclic) bond motifs is 1. The van der Waals surface area contributed by atoms with E-state index in [2.05, 4.69) is 11.4 Å². The van der Waals surface area contributed by atoms with Gasteiger partial charge in [-0.05, 0) is 54.3 Å². The van der Waals surface area contributed by atoms with Crippen molar-refractivity contribution in [3.63, 3.8) is 0 Å². The highest BCUT2D eigenvalue weighted by Crippen LogP contribution is 2.27. The number of methoxy groups -OCH3 is 2. The van der Waals surface area contributed by atoms with Crippen LogP contribution in [0.4, 0.5) is 4.79 Å². The minimum absolute atomic E-state index is 0.0720. The molecule has 0 bridgehead atoms. The molecule has 2 aromatic rings. The van der Waals surface area contributed by atoms with Crippen LogP contribution >= 0.6 is 0 Å². The van der Waals surface area contributed by atoms with E-state index in [0.717, 1.165) is 23.3 Å². The summed E-state index contributed by atoms with van der Waals surface area (Å²) in [6, 6.07) is 11.7. The van der Waals surface area contributed by atoms with E-state index in [1.54, 1.807) is 14.2 Å². The Morgan fingerprint density at radius 2 is 1.89 bits per heavy atom. The van der Waals surface area contributed by atoms with Gasteiger partial charge in [-0.1, -0.05) is 12.1 Å². The van der Waals surface area contributed by atoms with Crippen molar-refractivity contribution >= 4 is 6.03 Å². The van der Waals surface area contributed by atoms with E-state index in [-0.39, 0.29) is 6.03 Å². The highest BCUT2D eigenvalue weighted by molar-refractivity contribution is 5.74. The van der Waals surface area contributed by atoms with E-state index < -0.39 is 0 Å². The number of ether oxygens (including phenoxy) is 3. The molecule has 0 aromatic heterocycles. The lowest BCUT2D eigenvalue weighted by molar-refractivity contribution is 0.191. The first-order valence-electron chi connectivity index (χ1n) is 9.13. The Bertz CT molecular complexity index is 807. The normalized spacial score (nSPS) is 12.9. The van der Waals surface area contributed by atoms with Crippen molar-refractivity contribution in [2.45, 2.75) is 26.4 Å². The van der Waals surface area contributed by atoms with E-state index in [0.29, 0.717) is 37.7 Å². The summed E-state index contributed by atoms with van der Waals surface area (Å²) in [7, 11) is 3.20. The molecule has 0 aliphatic carbocycles. The van der Waals surface area contributed by atoms with Crippen LogP contribution in [0.5, 0.6) is 17.2 Å². The molecular formula is C21H26N2O4. The summed E-state index contributed by atoms with van der Waals surface area (Å²) in [5.74, 6) is 2.17. The van der Waals surface area contributed by atoms with Crippen LogP contribution in [-0.4, -0.2) is 38.3 Å². The zero-order chi connectivity index (χ0) is 19.2. The maximum absolute atomic E-state index is 12.6. The number of benzene rings is 2. The molecule has 144 valence electrons. The lowest BCUT2D eigenvalue weighted by atomic mass is 10.00. The minimum atomic E-state index is -0.0720. The number of amides is 2. The zero-order valence-electron chi connectivity index (χ0n) is 16.1. The highest BCUT2D eigenvalue weighted by atomic mass is 16.5. The smallest absolute Gasteiger partial charge is 0.317 e. The molecule has 0 saturated carbocycles. The van der Waals surface area contributed by atoms with Crippen molar-refractivity contribution in [1.82, 2.24) is 10.2 Å². The van der Waals surface area contributed by atoms with Gasteiger partial charge in [-0.3, -0.25) is 0 Å². The number of nitrogens with one attached hydrogen (secondary N) is 1. The Kier molecular flexibility index (Phi) is 6.06. The summed E-state index contributed by atoms with van der Waals surface area (Å²) < 4.78 is 16.1. The Labute approximate surface area is 160 Å². The van der Waals surface area contributed by atoms with E-state index in [1.165, 1.54) is 5.56 Å². The first-order chi connectivity index (χ1) is 13.1. The minimum Gasteiger partial charge on any atom is -0.494 e. The van der Waals surface area contributed by atoms with Gasteiger partial charge in [0.25, 0.3) is 0 Å². The average Bonchev–Trinajstić information content (AvgIpc) is 2.71. The fourth-order valence-corrected chi connectivity index (χ4v) is 3.24. The number of hydrogen-bond acceptors (Lipinski definition) is 4. The number of rotatable bonds is 6. The molecule has 0 fully saturated rings. The van der Waals surface area contributed by atoms with Gasteiger partial charge in [0.1, 0.15) is 5.75 Å². The molecule has 6 heteroatoms. The van der Waals surface area contributed by atoms with Crippen LogP contribution in [0.1, 0.15) is 23.6 Å². The second-order valence-electron chi connectivity index (χ2n) is 6.38. The fourth-order valence-electron chi connectivity index (χ4n) is 3.24. The standard InChI is InChI=1S/C21H26N2O4/c1-4-27-18-7-6-16-9-10-23(14-17(16)12-18)21(24)22-13-15-5-8-19(25-2)20(11-15)26-3/h5-8,11-12H,4,9-10,13-14H2,1-3H3,(H,22,24). The van der Waals surface area contributed by atoms with Crippen LogP contribution in [0.2, 0.25) is 0 Å². The Morgan fingerprint density at radius 1 is 1.07 bits per heavy atom. The van der Waals surface area contributed by atoms with Crippen LogP contribution in [0.3, 0.4) is 0 Å². The molecule has 1 aliphatic rings. The molecule has 0 spiro atoms. The molecule has 3 rings (SSSR count). The largest absolute Gasteiger partial charge is 0.494 e. The van der Waals surface area contributed by atoms with E-state index in [4.69, 9.17) is 14.2 Å². The summed E-state index contributed by atoms with van der Waals surface area (Å²) >= 11 is 0. The number of carbonyl (C=O) groups is 1. The van der Waals surface area contributed by atoms with Crippen LogP contribution < -0.4 is 19.5 Å². The van der Waals surface area contributed by atoms with Crippen LogP contribution in [0.15, 0.2) is 36.4 Å². The van der Waals surface area contributed by atoms with Crippen molar-refractivity contribution in [1.29, 1.82) is 0 Å². The summed E-state index contributed by atoms with van der Waals surface area (Å²) in [4.78, 5) is 14.4. The molecule has 0 radical (unpaired) electrons. The van der Waals surface area contributed by atoms with Gasteiger partial charge in [-0.2, -0.15) is 0 Å². The molecular weight excluding hydrogens is 344 g/mol. The molecule has 1 N–H and O–H groups in total. The molecule has 2 aromatic carbocycles. The molecule has 1 aliphatic heterocycles. The second-order valence-corrected chi connectivity index (χ2v) is 6.38. The van der Waals surface area contributed by atoms with Crippen molar-refractivity contribution in [2.75, 3.05) is 27.4 Å². The third-order valence-corrected chi connectivity index (χ3v) is 4.68. The molecule has 0 atom stereocenters. The molecule has 2 amide bonds. The molecule has 0 unspecified atom stereocenters. The van der Waals surface area contributed by atoms with Gasteiger partial charge in [0, 0.05) is 19.6 Å². The van der Waals surface area contributed by atoms with Gasteiger partial charge >= 0.3 is 6.03 Å². The van der Waals surface area contributed by atoms with Crippen molar-refractivity contribution in [2.24, 2.45) is 0 Å². The van der Waals surface area contributed by atoms with Gasteiger partial charge in [0.05, 0.1) is 20.8 Å². The quantitative estimate of drug-likeness (QED) is 0.847. The second kappa shape index (κ2) is 8.66. The first-order valence-corrected chi connectivity index (χ1v) is 9.13. The Hall–Kier alpha value is -2.89. The van der Waals surface area contributed by atoms with Crippen LogP contribution in [0.25, 0.3) is 0 Å². The van der Waals surface area contributed by atoms with Gasteiger partial charge in [-0.25, -0.2) is 4.79 Å². The number of carbonyl (C=O) groups excluding carboxylic acids is 1. The topological polar surface area (TPSA) is 60.0 Å². The lowest BCUT2D eigenvalue weighted by Crippen LogP contribution is -2.42. The van der Waals surface area contributed by atoms with Crippen molar-refractivity contribution in [3.05, 3.63) is 53.1 Å². The third-order valence-electron chi connectivity index (χ3n) is 4.68. The maximum Gasteiger partial charge on any atom is 0.317 e. The van der Waals surface area contributed by atoms with Gasteiger partial charge in [0.15, 0.2) is 11.5 Å². The Morgan fingerprint density at radius 3 is 2.63 bits per heavy atom. The predicted molar refractivity (Wildman–Crippen MR) is 104 cm³/mol. The maximum atomic E-state index is 12.6. The molecule has 6 nitrogen and oxygen atoms in total. The van der Waals surface area contributed by atoms with Crippen LogP contribution in [-0.2, 0) is 19.5 Å². The average molecular weight is 370 g/mol. The molecule has 27 heavy (non-hydrogen) atoms. The summed E-state index contributed by atoms with van der Waals surface area (Å²) in [6.45, 7) is 4.33. The van der Waals surface area contributed by atoms with Crippen molar-refractivity contribution < 1.29 is 19.0 Å². The number of urea groups is 1. The fraction of sp³-hybridized carbons (Fsp3) is 0.381. The Balaban J connectivity index is 1.61. The monoisotopic (exact) mass is 370 g/mol. The van der Waals surface area contributed by atoms with Crippen LogP contribution in [0, 0.1) is 0 Å². The SMILES string of the molecule is CCOc1ccc2c(c1)CN(C(=O)NCc1ccc(OC)c(OC)c1)CC2. The molecule has 1 heterocycles. The first kappa shape index (κ1) is 18.9. The summed E-state index contributed by atoms with van der Waals surface area (Å²) in [6.07, 6.45) is 0.853. The highest BCUT2D eigenvalue weighted by Gasteiger charge is 2.21. The predicted octanol–water partition coefficient (Wildman–Crippen LogP) is 3.37. The van der Waals surface area contributed by atoms with E-state index in [1.807, 2.05) is 42.2 Å². The van der Waals surface area contributed by atoms with Gasteiger partial charge in [-0.15, -0.1) is 0 Å². The lowest BCUT2D eigenvalue weighted by Gasteiger charge is -2.29. The molecule has 0 saturated heterocycles.